The second kappa shape index (κ2) is 9.81. The van der Waals surface area contributed by atoms with Crippen LogP contribution in [0.15, 0.2) is 84.1 Å². The highest BCUT2D eigenvalue weighted by Crippen LogP contribution is 2.24. The number of hydrazone groups is 1. The number of hydrogen-bond acceptors (Lipinski definition) is 3. The van der Waals surface area contributed by atoms with E-state index in [-0.39, 0.29) is 5.91 Å². The van der Waals surface area contributed by atoms with Crippen LogP contribution in [0.5, 0.6) is 0 Å². The average Bonchev–Trinajstić information content (AvgIpc) is 3.19. The van der Waals surface area contributed by atoms with Crippen molar-refractivity contribution in [2.24, 2.45) is 5.10 Å². The Morgan fingerprint density at radius 2 is 1.81 bits per heavy atom. The van der Waals surface area contributed by atoms with Crippen LogP contribution in [0.3, 0.4) is 0 Å². The Labute approximate surface area is 196 Å². The number of amides is 1. The molecule has 1 N–H and O–H groups in total. The van der Waals surface area contributed by atoms with E-state index in [4.69, 9.17) is 28.3 Å². The van der Waals surface area contributed by atoms with E-state index >= 15 is 0 Å². The Kier molecular flexibility index (Phi) is 6.69. The molecule has 3 aromatic carbocycles. The number of nitrogens with zero attached hydrogens (tertiary/aromatic N) is 3. The van der Waals surface area contributed by atoms with E-state index in [1.807, 2.05) is 61.7 Å². The maximum absolute atomic E-state index is 12.3. The number of nitrogens with one attached hydrogen (secondary N) is 1. The summed E-state index contributed by atoms with van der Waals surface area (Å²) in [4.78, 5) is 12.3. The van der Waals surface area contributed by atoms with Crippen LogP contribution in [-0.4, -0.2) is 21.9 Å². The quantitative estimate of drug-likeness (QED) is 0.283. The van der Waals surface area contributed by atoms with Gasteiger partial charge in [-0.15, -0.1) is 0 Å². The lowest BCUT2D eigenvalue weighted by molar-refractivity contribution is 0.0955. The van der Waals surface area contributed by atoms with Crippen LogP contribution in [0.25, 0.3) is 11.3 Å². The van der Waals surface area contributed by atoms with Crippen molar-refractivity contribution in [2.45, 2.75) is 13.5 Å². The van der Waals surface area contributed by atoms with Gasteiger partial charge in [0.2, 0.25) is 0 Å². The molecular formula is C25H20Cl2N4O. The molecule has 0 atom stereocenters. The fraction of sp³-hybridized carbons (Fsp3) is 0.0800. The summed E-state index contributed by atoms with van der Waals surface area (Å²) in [5.74, 6) is -0.275. The molecule has 1 heterocycles. The molecule has 0 aliphatic carbocycles. The van der Waals surface area contributed by atoms with Crippen molar-refractivity contribution < 1.29 is 4.79 Å². The maximum Gasteiger partial charge on any atom is 0.271 e. The molecule has 0 saturated carbocycles. The summed E-state index contributed by atoms with van der Waals surface area (Å²) >= 11 is 12.3. The summed E-state index contributed by atoms with van der Waals surface area (Å²) in [5, 5.41) is 10.0. The minimum atomic E-state index is -0.275. The molecule has 0 bridgehead atoms. The van der Waals surface area contributed by atoms with Gasteiger partial charge in [0.05, 0.1) is 12.8 Å². The lowest BCUT2D eigenvalue weighted by atomic mass is 10.1. The molecule has 4 rings (SSSR count). The maximum atomic E-state index is 12.3. The zero-order valence-corrected chi connectivity index (χ0v) is 18.8. The third-order valence-corrected chi connectivity index (χ3v) is 5.46. The van der Waals surface area contributed by atoms with Gasteiger partial charge in [0.25, 0.3) is 5.91 Å². The Bertz CT molecular complexity index is 1270. The molecule has 0 fully saturated rings. The van der Waals surface area contributed by atoms with Crippen LogP contribution in [0.1, 0.15) is 27.0 Å². The van der Waals surface area contributed by atoms with Crippen molar-refractivity contribution in [3.63, 3.8) is 0 Å². The van der Waals surface area contributed by atoms with Crippen LogP contribution < -0.4 is 5.43 Å². The van der Waals surface area contributed by atoms with E-state index in [9.17, 15) is 4.79 Å². The number of hydrogen-bond donors (Lipinski definition) is 1. The first-order valence-electron chi connectivity index (χ1n) is 9.96. The highest BCUT2D eigenvalue weighted by atomic mass is 35.5. The van der Waals surface area contributed by atoms with Gasteiger partial charge in [0.15, 0.2) is 0 Å². The first-order valence-corrected chi connectivity index (χ1v) is 10.7. The van der Waals surface area contributed by atoms with E-state index in [1.165, 1.54) is 0 Å². The van der Waals surface area contributed by atoms with Gasteiger partial charge in [-0.2, -0.15) is 10.2 Å². The third kappa shape index (κ3) is 5.25. The molecule has 7 heteroatoms. The van der Waals surface area contributed by atoms with Gasteiger partial charge in [-0.05, 0) is 36.8 Å². The standard InChI is InChI=1S/C25H20Cl2N4O/c1-17-7-9-19(10-8-17)25(32)29-28-14-21-16-31(15-20-11-12-22(26)13-23(20)27)30-24(21)18-5-3-2-4-6-18/h2-14,16H,15H2,1H3,(H,29,32)/b28-14+. The van der Waals surface area contributed by atoms with Gasteiger partial charge in [-0.3, -0.25) is 9.48 Å². The van der Waals surface area contributed by atoms with Gasteiger partial charge < -0.3 is 0 Å². The van der Waals surface area contributed by atoms with Crippen molar-refractivity contribution in [1.82, 2.24) is 15.2 Å². The lowest BCUT2D eigenvalue weighted by Crippen LogP contribution is -2.17. The first kappa shape index (κ1) is 21.8. The normalized spacial score (nSPS) is 11.1. The first-order chi connectivity index (χ1) is 15.5. The molecule has 0 saturated heterocycles. The van der Waals surface area contributed by atoms with E-state index in [0.717, 1.165) is 27.9 Å². The molecule has 1 amide bonds. The second-order valence-electron chi connectivity index (χ2n) is 7.30. The van der Waals surface area contributed by atoms with Crippen molar-refractivity contribution in [1.29, 1.82) is 0 Å². The van der Waals surface area contributed by atoms with Crippen LogP contribution in [0.2, 0.25) is 10.0 Å². The fourth-order valence-electron chi connectivity index (χ4n) is 3.19. The number of aromatic nitrogens is 2. The predicted molar refractivity (Wildman–Crippen MR) is 129 cm³/mol. The highest BCUT2D eigenvalue weighted by Gasteiger charge is 2.12. The largest absolute Gasteiger partial charge is 0.271 e. The van der Waals surface area contributed by atoms with E-state index in [1.54, 1.807) is 35.2 Å². The second-order valence-corrected chi connectivity index (χ2v) is 8.14. The lowest BCUT2D eigenvalue weighted by Gasteiger charge is -2.05. The minimum absolute atomic E-state index is 0.275. The summed E-state index contributed by atoms with van der Waals surface area (Å²) in [6.07, 6.45) is 3.47. The third-order valence-electron chi connectivity index (χ3n) is 4.87. The van der Waals surface area contributed by atoms with Crippen molar-refractivity contribution in [3.05, 3.63) is 111 Å². The number of rotatable bonds is 6. The topological polar surface area (TPSA) is 59.3 Å². The number of halogens is 2. The number of aryl methyl sites for hydroxylation is 1. The summed E-state index contributed by atoms with van der Waals surface area (Å²) < 4.78 is 1.79. The van der Waals surface area contributed by atoms with Gasteiger partial charge >= 0.3 is 0 Å². The van der Waals surface area contributed by atoms with Crippen molar-refractivity contribution in [2.75, 3.05) is 0 Å². The van der Waals surface area contributed by atoms with E-state index in [0.29, 0.717) is 22.2 Å². The van der Waals surface area contributed by atoms with Crippen LogP contribution in [0, 0.1) is 6.92 Å². The summed E-state index contributed by atoms with van der Waals surface area (Å²) in [5.41, 5.74) is 7.58. The Balaban J connectivity index is 1.59. The smallest absolute Gasteiger partial charge is 0.267 e. The molecule has 0 radical (unpaired) electrons. The monoisotopic (exact) mass is 462 g/mol. The van der Waals surface area contributed by atoms with Crippen molar-refractivity contribution in [3.8, 4) is 11.3 Å². The van der Waals surface area contributed by atoms with Gasteiger partial charge in [-0.25, -0.2) is 5.43 Å². The van der Waals surface area contributed by atoms with Gasteiger partial charge in [-0.1, -0.05) is 77.3 Å². The molecule has 4 aromatic rings. The fourth-order valence-corrected chi connectivity index (χ4v) is 3.66. The molecule has 1 aromatic heterocycles. The summed E-state index contributed by atoms with van der Waals surface area (Å²) in [6.45, 7) is 2.44. The number of carbonyl (C=O) groups is 1. The Morgan fingerprint density at radius 3 is 2.53 bits per heavy atom. The summed E-state index contributed by atoms with van der Waals surface area (Å²) in [7, 11) is 0. The molecule has 0 aliphatic heterocycles. The molecule has 0 spiro atoms. The molecule has 0 aliphatic rings. The minimum Gasteiger partial charge on any atom is -0.267 e. The van der Waals surface area contributed by atoms with Gasteiger partial charge in [0.1, 0.15) is 5.69 Å². The zero-order chi connectivity index (χ0) is 22.5. The zero-order valence-electron chi connectivity index (χ0n) is 17.3. The van der Waals surface area contributed by atoms with E-state index in [2.05, 4.69) is 10.5 Å². The number of benzene rings is 3. The SMILES string of the molecule is Cc1ccc(C(=O)N/N=C/c2cn(Cc3ccc(Cl)cc3Cl)nc2-c2ccccc2)cc1. The average molecular weight is 463 g/mol. The molecule has 32 heavy (non-hydrogen) atoms. The van der Waals surface area contributed by atoms with Gasteiger partial charge in [0, 0.05) is 32.9 Å². The number of carbonyl (C=O) groups excluding carboxylic acids is 1. The van der Waals surface area contributed by atoms with Crippen LogP contribution in [-0.2, 0) is 6.54 Å². The molecule has 160 valence electrons. The highest BCUT2D eigenvalue weighted by molar-refractivity contribution is 6.35. The molecular weight excluding hydrogens is 443 g/mol. The molecule has 5 nitrogen and oxygen atoms in total. The van der Waals surface area contributed by atoms with Crippen LogP contribution >= 0.6 is 23.2 Å². The van der Waals surface area contributed by atoms with Crippen molar-refractivity contribution >= 4 is 35.3 Å². The Morgan fingerprint density at radius 1 is 1.06 bits per heavy atom. The Hall–Kier alpha value is -3.41. The predicted octanol–water partition coefficient (Wildman–Crippen LogP) is 5.98. The van der Waals surface area contributed by atoms with Crippen LogP contribution in [0.4, 0.5) is 0 Å². The molecule has 0 unspecified atom stereocenters. The van der Waals surface area contributed by atoms with E-state index < -0.39 is 0 Å². The summed E-state index contributed by atoms with van der Waals surface area (Å²) in [6, 6.07) is 22.5.